The van der Waals surface area contributed by atoms with Crippen LogP contribution in [0.4, 0.5) is 0 Å². The topological polar surface area (TPSA) is 83.1 Å². The van der Waals surface area contributed by atoms with Crippen molar-refractivity contribution in [3.05, 3.63) is 30.1 Å². The first-order valence-electron chi connectivity index (χ1n) is 6.42. The van der Waals surface area contributed by atoms with Crippen LogP contribution in [0.1, 0.15) is 12.2 Å². The molecule has 1 saturated heterocycles. The predicted octanol–water partition coefficient (Wildman–Crippen LogP) is 0.708. The molecule has 6 nitrogen and oxygen atoms in total. The molecule has 2 aromatic rings. The van der Waals surface area contributed by atoms with E-state index in [0.717, 1.165) is 11.0 Å². The van der Waals surface area contributed by atoms with E-state index in [2.05, 4.69) is 9.97 Å². The molecule has 1 amide bonds. The molecule has 0 radical (unpaired) electrons. The van der Waals surface area contributed by atoms with E-state index in [1.807, 2.05) is 24.3 Å². The number of aromatic nitrogens is 2. The molecule has 0 saturated carbocycles. The Balaban J connectivity index is 1.79. The van der Waals surface area contributed by atoms with Crippen LogP contribution in [0.15, 0.2) is 24.3 Å². The molecular weight excluding hydrogens is 278 g/mol. The summed E-state index contributed by atoms with van der Waals surface area (Å²) < 4.78 is 23.0. The Kier molecular flexibility index (Phi) is 3.21. The van der Waals surface area contributed by atoms with Crippen LogP contribution in [0.25, 0.3) is 11.0 Å². The number of para-hydroxylation sites is 2. The molecule has 0 spiro atoms. The maximum atomic E-state index is 11.5. The molecule has 1 aliphatic heterocycles. The number of nitrogens with zero attached hydrogens (tertiary/aromatic N) is 2. The first kappa shape index (κ1) is 13.1. The zero-order chi connectivity index (χ0) is 14.2. The van der Waals surface area contributed by atoms with E-state index >= 15 is 0 Å². The largest absolute Gasteiger partial charge is 0.340 e. The first-order chi connectivity index (χ1) is 9.57. The molecule has 1 atom stereocenters. The van der Waals surface area contributed by atoms with Gasteiger partial charge >= 0.3 is 0 Å². The van der Waals surface area contributed by atoms with Gasteiger partial charge in [0.1, 0.15) is 5.82 Å². The van der Waals surface area contributed by atoms with Gasteiger partial charge in [0.2, 0.25) is 6.41 Å². The maximum absolute atomic E-state index is 11.5. The number of aromatic amines is 1. The fourth-order valence-electron chi connectivity index (χ4n) is 2.54. The number of imidazole rings is 1. The van der Waals surface area contributed by atoms with Crippen LogP contribution in [-0.2, 0) is 21.2 Å². The number of carbonyl (C=O) groups excluding carboxylic acids is 1. The minimum atomic E-state index is -3.00. The summed E-state index contributed by atoms with van der Waals surface area (Å²) in [5.41, 5.74) is 1.75. The Labute approximate surface area is 116 Å². The molecule has 0 unspecified atom stereocenters. The van der Waals surface area contributed by atoms with Gasteiger partial charge in [-0.15, -0.1) is 0 Å². The molecule has 3 rings (SSSR count). The molecular formula is C13H15N3O3S. The van der Waals surface area contributed by atoms with Gasteiger partial charge < -0.3 is 9.88 Å². The van der Waals surface area contributed by atoms with Gasteiger partial charge in [-0.25, -0.2) is 13.4 Å². The minimum Gasteiger partial charge on any atom is -0.340 e. The third-order valence-electron chi connectivity index (χ3n) is 3.58. The third kappa shape index (κ3) is 2.53. The number of benzene rings is 1. The summed E-state index contributed by atoms with van der Waals surface area (Å²) in [7, 11) is -3.00. The van der Waals surface area contributed by atoms with Crippen LogP contribution in [0.2, 0.25) is 0 Å². The van der Waals surface area contributed by atoms with E-state index in [4.69, 9.17) is 0 Å². The van der Waals surface area contributed by atoms with Gasteiger partial charge in [0.05, 0.1) is 29.1 Å². The average molecular weight is 293 g/mol. The highest BCUT2D eigenvalue weighted by atomic mass is 32.2. The summed E-state index contributed by atoms with van der Waals surface area (Å²) in [6.45, 7) is 0.304. The number of hydrogen-bond acceptors (Lipinski definition) is 4. The summed E-state index contributed by atoms with van der Waals surface area (Å²) in [6.07, 6.45) is 1.21. The number of nitrogens with one attached hydrogen (secondary N) is 1. The van der Waals surface area contributed by atoms with E-state index in [0.29, 0.717) is 25.2 Å². The van der Waals surface area contributed by atoms with Crippen molar-refractivity contribution < 1.29 is 13.2 Å². The highest BCUT2D eigenvalue weighted by Crippen LogP contribution is 2.19. The predicted molar refractivity (Wildman–Crippen MR) is 74.8 cm³/mol. The van der Waals surface area contributed by atoms with Crippen molar-refractivity contribution in [3.63, 3.8) is 0 Å². The highest BCUT2D eigenvalue weighted by molar-refractivity contribution is 7.91. The standard InChI is InChI=1S/C13H15N3O3S/c17-9-16(10-5-6-20(18,19)8-10)7-13-14-11-3-1-2-4-12(11)15-13/h1-4,9-10H,5-8H2,(H,14,15)/t10-/m0/s1. The second-order valence-corrected chi connectivity index (χ2v) is 7.26. The van der Waals surface area contributed by atoms with Crippen LogP contribution < -0.4 is 0 Å². The summed E-state index contributed by atoms with van der Waals surface area (Å²) in [5.74, 6) is 0.872. The fourth-order valence-corrected chi connectivity index (χ4v) is 4.29. The van der Waals surface area contributed by atoms with Crippen molar-refractivity contribution in [2.75, 3.05) is 11.5 Å². The molecule has 2 heterocycles. The number of carbonyl (C=O) groups is 1. The number of rotatable bonds is 4. The molecule has 1 fully saturated rings. The quantitative estimate of drug-likeness (QED) is 0.842. The molecule has 0 bridgehead atoms. The average Bonchev–Trinajstić information content (AvgIpc) is 2.98. The highest BCUT2D eigenvalue weighted by Gasteiger charge is 2.32. The van der Waals surface area contributed by atoms with Crippen molar-refractivity contribution in [2.45, 2.75) is 19.0 Å². The number of hydrogen-bond donors (Lipinski definition) is 1. The van der Waals surface area contributed by atoms with Crippen molar-refractivity contribution in [1.29, 1.82) is 0 Å². The molecule has 106 valence electrons. The lowest BCUT2D eigenvalue weighted by molar-refractivity contribution is -0.120. The summed E-state index contributed by atoms with van der Waals surface area (Å²) in [4.78, 5) is 20.3. The first-order valence-corrected chi connectivity index (χ1v) is 8.24. The molecule has 7 heteroatoms. The SMILES string of the molecule is O=CN(Cc1nc2ccccc2[nH]1)[C@H]1CCS(=O)(=O)C1. The van der Waals surface area contributed by atoms with Gasteiger partial charge in [-0.3, -0.25) is 4.79 Å². The number of amides is 1. The Morgan fingerprint density at radius 2 is 2.20 bits per heavy atom. The molecule has 1 aromatic carbocycles. The van der Waals surface area contributed by atoms with Crippen molar-refractivity contribution in [1.82, 2.24) is 14.9 Å². The molecule has 1 N–H and O–H groups in total. The van der Waals surface area contributed by atoms with Crippen LogP contribution in [0.3, 0.4) is 0 Å². The van der Waals surface area contributed by atoms with Gasteiger partial charge in [0.25, 0.3) is 0 Å². The number of H-pyrrole nitrogens is 1. The molecule has 0 aliphatic carbocycles. The van der Waals surface area contributed by atoms with Crippen LogP contribution in [0.5, 0.6) is 0 Å². The zero-order valence-corrected chi connectivity index (χ0v) is 11.6. The van der Waals surface area contributed by atoms with E-state index in [9.17, 15) is 13.2 Å². The van der Waals surface area contributed by atoms with E-state index in [1.54, 1.807) is 0 Å². The minimum absolute atomic E-state index is 0.0476. The lowest BCUT2D eigenvalue weighted by Crippen LogP contribution is -2.34. The van der Waals surface area contributed by atoms with Crippen LogP contribution in [-0.4, -0.2) is 47.2 Å². The van der Waals surface area contributed by atoms with E-state index in [1.165, 1.54) is 4.90 Å². The Morgan fingerprint density at radius 3 is 2.85 bits per heavy atom. The number of fused-ring (bicyclic) bond motifs is 1. The van der Waals surface area contributed by atoms with Crippen molar-refractivity contribution in [3.8, 4) is 0 Å². The van der Waals surface area contributed by atoms with E-state index in [-0.39, 0.29) is 17.5 Å². The second kappa shape index (κ2) is 4.90. The van der Waals surface area contributed by atoms with Gasteiger partial charge in [-0.1, -0.05) is 12.1 Å². The fraction of sp³-hybridized carbons (Fsp3) is 0.385. The molecule has 1 aromatic heterocycles. The Morgan fingerprint density at radius 1 is 1.40 bits per heavy atom. The molecule has 1 aliphatic rings. The third-order valence-corrected chi connectivity index (χ3v) is 5.33. The van der Waals surface area contributed by atoms with Crippen molar-refractivity contribution >= 4 is 27.3 Å². The lowest BCUT2D eigenvalue weighted by Gasteiger charge is -2.22. The summed E-state index contributed by atoms with van der Waals surface area (Å²) >= 11 is 0. The van der Waals surface area contributed by atoms with Crippen molar-refractivity contribution in [2.24, 2.45) is 0 Å². The van der Waals surface area contributed by atoms with Gasteiger partial charge in [-0.2, -0.15) is 0 Å². The summed E-state index contributed by atoms with van der Waals surface area (Å²) in [5, 5.41) is 0. The van der Waals surface area contributed by atoms with Crippen LogP contribution >= 0.6 is 0 Å². The van der Waals surface area contributed by atoms with Gasteiger partial charge in [0.15, 0.2) is 9.84 Å². The number of sulfone groups is 1. The Hall–Kier alpha value is -1.89. The maximum Gasteiger partial charge on any atom is 0.210 e. The zero-order valence-electron chi connectivity index (χ0n) is 10.8. The van der Waals surface area contributed by atoms with Gasteiger partial charge in [-0.05, 0) is 18.6 Å². The lowest BCUT2D eigenvalue weighted by atomic mass is 10.2. The Bertz CT molecular complexity index is 705. The van der Waals surface area contributed by atoms with Gasteiger partial charge in [0, 0.05) is 6.04 Å². The second-order valence-electron chi connectivity index (χ2n) is 5.04. The normalized spacial score (nSPS) is 21.1. The smallest absolute Gasteiger partial charge is 0.210 e. The van der Waals surface area contributed by atoms with E-state index < -0.39 is 9.84 Å². The summed E-state index contributed by atoms with van der Waals surface area (Å²) in [6, 6.07) is 7.36. The van der Waals surface area contributed by atoms with Crippen LogP contribution in [0, 0.1) is 0 Å². The monoisotopic (exact) mass is 293 g/mol. The molecule has 20 heavy (non-hydrogen) atoms.